The van der Waals surface area contributed by atoms with Gasteiger partial charge >= 0.3 is 0 Å². The Balaban J connectivity index is 1.78. The van der Waals surface area contributed by atoms with Crippen molar-refractivity contribution in [3.8, 4) is 16.9 Å². The first-order valence-corrected chi connectivity index (χ1v) is 11.8. The van der Waals surface area contributed by atoms with E-state index in [1.807, 2.05) is 31.2 Å². The summed E-state index contributed by atoms with van der Waals surface area (Å²) in [6.45, 7) is 6.01. The van der Waals surface area contributed by atoms with Crippen LogP contribution in [-0.2, 0) is 11.3 Å². The SMILES string of the molecule is COc1cc2nc(C)nc(N[C@@H](C)c3cccc(C)c3)c2cc1-c1ccn(CC(=O)N(C)C)c(=O)c1. The Kier molecular flexibility index (Phi) is 7.05. The van der Waals surface area contributed by atoms with Gasteiger partial charge in [-0.05, 0) is 44.0 Å². The number of likely N-dealkylation sites (N-methyl/N-ethyl adjacent to an activating group) is 1. The molecule has 1 amide bonds. The van der Waals surface area contributed by atoms with Crippen LogP contribution in [0.25, 0.3) is 22.0 Å². The molecule has 0 spiro atoms. The molecule has 8 heteroatoms. The van der Waals surface area contributed by atoms with Crippen LogP contribution in [0.3, 0.4) is 0 Å². The van der Waals surface area contributed by atoms with Gasteiger partial charge in [0, 0.05) is 49.4 Å². The van der Waals surface area contributed by atoms with Crippen LogP contribution in [-0.4, -0.2) is 46.5 Å². The van der Waals surface area contributed by atoms with Crippen molar-refractivity contribution in [2.45, 2.75) is 33.4 Å². The molecule has 0 aliphatic rings. The van der Waals surface area contributed by atoms with Gasteiger partial charge in [-0.3, -0.25) is 9.59 Å². The molecular formula is C28H31N5O3. The molecule has 8 nitrogen and oxygen atoms in total. The fraction of sp³-hybridized carbons (Fsp3) is 0.286. The minimum atomic E-state index is -0.267. The van der Waals surface area contributed by atoms with Crippen molar-refractivity contribution >= 4 is 22.6 Å². The van der Waals surface area contributed by atoms with Crippen molar-refractivity contribution in [3.63, 3.8) is 0 Å². The number of nitrogens with zero attached hydrogens (tertiary/aromatic N) is 4. The van der Waals surface area contributed by atoms with Crippen LogP contribution in [0.4, 0.5) is 5.82 Å². The lowest BCUT2D eigenvalue weighted by molar-refractivity contribution is -0.129. The molecular weight excluding hydrogens is 454 g/mol. The van der Waals surface area contributed by atoms with Gasteiger partial charge < -0.3 is 19.5 Å². The summed E-state index contributed by atoms with van der Waals surface area (Å²) in [7, 11) is 4.92. The van der Waals surface area contributed by atoms with Crippen molar-refractivity contribution in [2.24, 2.45) is 0 Å². The molecule has 0 bridgehead atoms. The van der Waals surface area contributed by atoms with E-state index >= 15 is 0 Å². The average molecular weight is 486 g/mol. The number of ether oxygens (including phenoxy) is 1. The van der Waals surface area contributed by atoms with E-state index in [1.165, 1.54) is 21.1 Å². The number of hydrogen-bond donors (Lipinski definition) is 1. The zero-order valence-electron chi connectivity index (χ0n) is 21.5. The second-order valence-electron chi connectivity index (χ2n) is 9.14. The maximum atomic E-state index is 12.8. The first-order chi connectivity index (χ1) is 17.2. The first kappa shape index (κ1) is 24.9. The number of methoxy groups -OCH3 is 1. The summed E-state index contributed by atoms with van der Waals surface area (Å²) in [5.41, 5.74) is 4.25. The van der Waals surface area contributed by atoms with Gasteiger partial charge in [0.2, 0.25) is 5.91 Å². The highest BCUT2D eigenvalue weighted by Crippen LogP contribution is 2.36. The largest absolute Gasteiger partial charge is 0.496 e. The lowest BCUT2D eigenvalue weighted by Crippen LogP contribution is -2.31. The van der Waals surface area contributed by atoms with E-state index in [1.54, 1.807) is 27.4 Å². The first-order valence-electron chi connectivity index (χ1n) is 11.8. The second-order valence-corrected chi connectivity index (χ2v) is 9.14. The highest BCUT2D eigenvalue weighted by molar-refractivity contribution is 5.95. The molecule has 4 aromatic rings. The Morgan fingerprint density at radius 1 is 1.11 bits per heavy atom. The number of anilines is 1. The predicted molar refractivity (Wildman–Crippen MR) is 142 cm³/mol. The van der Waals surface area contributed by atoms with Gasteiger partial charge in [0.15, 0.2) is 0 Å². The van der Waals surface area contributed by atoms with E-state index < -0.39 is 0 Å². The number of pyridine rings is 1. The zero-order chi connectivity index (χ0) is 26.0. The molecule has 0 fully saturated rings. The maximum absolute atomic E-state index is 12.8. The Morgan fingerprint density at radius 2 is 1.89 bits per heavy atom. The summed E-state index contributed by atoms with van der Waals surface area (Å²) in [5, 5.41) is 4.36. The van der Waals surface area contributed by atoms with E-state index in [4.69, 9.17) is 4.74 Å². The maximum Gasteiger partial charge on any atom is 0.251 e. The number of carbonyl (C=O) groups excluding carboxylic acids is 1. The number of aryl methyl sites for hydroxylation is 2. The van der Waals surface area contributed by atoms with Crippen LogP contribution in [0.1, 0.15) is 29.9 Å². The molecule has 4 rings (SSSR count). The monoisotopic (exact) mass is 485 g/mol. The predicted octanol–water partition coefficient (Wildman–Crippen LogP) is 4.35. The molecule has 0 aliphatic carbocycles. The molecule has 2 aromatic carbocycles. The minimum Gasteiger partial charge on any atom is -0.496 e. The van der Waals surface area contributed by atoms with Gasteiger partial charge in [0.25, 0.3) is 5.56 Å². The highest BCUT2D eigenvalue weighted by atomic mass is 16.5. The van der Waals surface area contributed by atoms with Gasteiger partial charge in [0.1, 0.15) is 23.9 Å². The van der Waals surface area contributed by atoms with Crippen molar-refractivity contribution in [1.29, 1.82) is 0 Å². The average Bonchev–Trinajstić information content (AvgIpc) is 2.84. The molecule has 1 atom stereocenters. The molecule has 0 saturated carbocycles. The number of carbonyl (C=O) groups is 1. The third-order valence-corrected chi connectivity index (χ3v) is 6.14. The Morgan fingerprint density at radius 3 is 2.56 bits per heavy atom. The number of amides is 1. The van der Waals surface area contributed by atoms with Crippen LogP contribution in [0.15, 0.2) is 59.5 Å². The molecule has 0 unspecified atom stereocenters. The summed E-state index contributed by atoms with van der Waals surface area (Å²) in [6.07, 6.45) is 1.63. The van der Waals surface area contributed by atoms with Gasteiger partial charge in [-0.25, -0.2) is 9.97 Å². The van der Waals surface area contributed by atoms with E-state index in [0.717, 1.165) is 22.0 Å². The normalized spacial score (nSPS) is 11.8. The van der Waals surface area contributed by atoms with Gasteiger partial charge in [-0.15, -0.1) is 0 Å². The summed E-state index contributed by atoms with van der Waals surface area (Å²) in [5.74, 6) is 1.80. The van der Waals surface area contributed by atoms with Crippen molar-refractivity contribution in [3.05, 3.63) is 82.0 Å². The quantitative estimate of drug-likeness (QED) is 0.419. The third kappa shape index (κ3) is 5.22. The van der Waals surface area contributed by atoms with Crippen LogP contribution in [0.2, 0.25) is 0 Å². The summed E-state index contributed by atoms with van der Waals surface area (Å²) in [4.78, 5) is 35.6. The highest BCUT2D eigenvalue weighted by Gasteiger charge is 2.16. The number of aromatic nitrogens is 3. The van der Waals surface area contributed by atoms with Crippen molar-refractivity contribution < 1.29 is 9.53 Å². The number of fused-ring (bicyclic) bond motifs is 1. The van der Waals surface area contributed by atoms with Crippen LogP contribution >= 0.6 is 0 Å². The topological polar surface area (TPSA) is 89.3 Å². The van der Waals surface area contributed by atoms with E-state index in [2.05, 4.69) is 47.3 Å². The summed E-state index contributed by atoms with van der Waals surface area (Å²) >= 11 is 0. The van der Waals surface area contributed by atoms with Crippen molar-refractivity contribution in [1.82, 2.24) is 19.4 Å². The van der Waals surface area contributed by atoms with Gasteiger partial charge in [-0.1, -0.05) is 29.8 Å². The van der Waals surface area contributed by atoms with Crippen LogP contribution in [0, 0.1) is 13.8 Å². The Hall–Kier alpha value is -4.20. The number of nitrogens with one attached hydrogen (secondary N) is 1. The lowest BCUT2D eigenvalue weighted by atomic mass is 10.0. The minimum absolute atomic E-state index is 0.0149. The number of rotatable bonds is 7. The molecule has 0 saturated heterocycles. The molecule has 1 N–H and O–H groups in total. The standard InChI is InChI=1S/C28H31N5O3/c1-17-8-7-9-20(12-17)18(2)29-28-23-14-22(25(36-6)15-24(23)30-19(3)31-28)21-10-11-33(26(34)13-21)16-27(35)32(4)5/h7-15,18H,16H2,1-6H3,(H,29,30,31)/t18-/m0/s1. The molecule has 2 aromatic heterocycles. The molecule has 2 heterocycles. The molecule has 0 radical (unpaired) electrons. The summed E-state index contributed by atoms with van der Waals surface area (Å²) in [6, 6.07) is 15.5. The fourth-order valence-corrected chi connectivity index (χ4v) is 4.10. The fourth-order valence-electron chi connectivity index (χ4n) is 4.10. The molecule has 0 aliphatic heterocycles. The Labute approximate surface area is 210 Å². The molecule has 186 valence electrons. The van der Waals surface area contributed by atoms with Gasteiger partial charge in [-0.2, -0.15) is 0 Å². The second kappa shape index (κ2) is 10.2. The zero-order valence-corrected chi connectivity index (χ0v) is 21.5. The van der Waals surface area contributed by atoms with E-state index in [-0.39, 0.29) is 24.1 Å². The molecule has 36 heavy (non-hydrogen) atoms. The Bertz CT molecular complexity index is 1490. The summed E-state index contributed by atoms with van der Waals surface area (Å²) < 4.78 is 7.06. The van der Waals surface area contributed by atoms with Crippen molar-refractivity contribution in [2.75, 3.05) is 26.5 Å². The van der Waals surface area contributed by atoms with Gasteiger partial charge in [0.05, 0.1) is 12.6 Å². The number of benzene rings is 2. The van der Waals surface area contributed by atoms with Crippen LogP contribution < -0.4 is 15.6 Å². The van der Waals surface area contributed by atoms with Crippen LogP contribution in [0.5, 0.6) is 5.75 Å². The number of hydrogen-bond acceptors (Lipinski definition) is 6. The smallest absolute Gasteiger partial charge is 0.251 e. The lowest BCUT2D eigenvalue weighted by Gasteiger charge is -2.19. The van der Waals surface area contributed by atoms with E-state index in [9.17, 15) is 9.59 Å². The van der Waals surface area contributed by atoms with E-state index in [0.29, 0.717) is 23.0 Å². The third-order valence-electron chi connectivity index (χ3n) is 6.14.